The van der Waals surface area contributed by atoms with Crippen LogP contribution in [0.15, 0.2) is 28.7 Å². The lowest BCUT2D eigenvalue weighted by atomic mass is 10.3. The summed E-state index contributed by atoms with van der Waals surface area (Å²) in [6.07, 6.45) is 0.243. The van der Waals surface area contributed by atoms with E-state index in [9.17, 15) is 4.79 Å². The number of nitrogens with zero attached hydrogens (tertiary/aromatic N) is 1. The van der Waals surface area contributed by atoms with Crippen molar-refractivity contribution in [2.24, 2.45) is 0 Å². The number of nitrogen functional groups attached to an aromatic ring is 1. The first-order valence-corrected chi connectivity index (χ1v) is 6.73. The molecule has 0 bridgehead atoms. The lowest BCUT2D eigenvalue weighted by Crippen LogP contribution is -2.24. The highest BCUT2D eigenvalue weighted by molar-refractivity contribution is 5.75. The van der Waals surface area contributed by atoms with Crippen molar-refractivity contribution in [3.63, 3.8) is 0 Å². The summed E-state index contributed by atoms with van der Waals surface area (Å²) in [6, 6.07) is 7.18. The highest BCUT2D eigenvalue weighted by Crippen LogP contribution is 2.19. The second kappa shape index (κ2) is 6.78. The molecule has 1 aromatic carbocycles. The zero-order valence-electron chi connectivity index (χ0n) is 12.2. The minimum absolute atomic E-state index is 0.127. The molecule has 0 saturated carbocycles. The largest absolute Gasteiger partial charge is 0.491 e. The lowest BCUT2D eigenvalue weighted by molar-refractivity contribution is -0.121. The van der Waals surface area contributed by atoms with Crippen molar-refractivity contribution in [3.8, 4) is 5.75 Å². The first-order chi connectivity index (χ1) is 10.1. The Hall–Kier alpha value is -2.50. The van der Waals surface area contributed by atoms with E-state index >= 15 is 0 Å². The molecule has 6 nitrogen and oxygen atoms in total. The monoisotopic (exact) mass is 289 g/mol. The fraction of sp³-hybridized carbons (Fsp3) is 0.333. The van der Waals surface area contributed by atoms with Crippen molar-refractivity contribution in [3.05, 3.63) is 41.6 Å². The van der Waals surface area contributed by atoms with Gasteiger partial charge in [-0.1, -0.05) is 12.1 Å². The Labute approximate surface area is 123 Å². The second-order valence-corrected chi connectivity index (χ2v) is 4.66. The highest BCUT2D eigenvalue weighted by atomic mass is 16.5. The number of oxazole rings is 1. The van der Waals surface area contributed by atoms with E-state index in [1.807, 2.05) is 26.0 Å². The molecule has 0 unspecified atom stereocenters. The Bertz CT molecular complexity index is 603. The Morgan fingerprint density at radius 1 is 1.38 bits per heavy atom. The average Bonchev–Trinajstić information content (AvgIpc) is 2.78. The number of ether oxygens (including phenoxy) is 1. The van der Waals surface area contributed by atoms with E-state index in [1.165, 1.54) is 0 Å². The molecule has 1 heterocycles. The normalized spacial score (nSPS) is 10.4. The zero-order chi connectivity index (χ0) is 15.2. The van der Waals surface area contributed by atoms with Crippen molar-refractivity contribution < 1.29 is 13.9 Å². The highest BCUT2D eigenvalue weighted by Gasteiger charge is 2.08. The SMILES string of the molecule is Cc1nc(CNC(=O)CCOc2ccccc2N)oc1C. The molecule has 0 aliphatic rings. The maximum absolute atomic E-state index is 11.7. The van der Waals surface area contributed by atoms with Gasteiger partial charge in [0.15, 0.2) is 0 Å². The number of hydrogen-bond donors (Lipinski definition) is 2. The number of rotatable bonds is 6. The van der Waals surface area contributed by atoms with Crippen LogP contribution < -0.4 is 15.8 Å². The summed E-state index contributed by atoms with van der Waals surface area (Å²) in [7, 11) is 0. The maximum atomic E-state index is 11.7. The Kier molecular flexibility index (Phi) is 4.81. The number of carbonyl (C=O) groups excluding carboxylic acids is 1. The van der Waals surface area contributed by atoms with E-state index in [4.69, 9.17) is 14.9 Å². The minimum Gasteiger partial charge on any atom is -0.491 e. The topological polar surface area (TPSA) is 90.4 Å². The number of para-hydroxylation sites is 2. The molecule has 1 amide bonds. The summed E-state index contributed by atoms with van der Waals surface area (Å²) in [4.78, 5) is 15.9. The summed E-state index contributed by atoms with van der Waals surface area (Å²) >= 11 is 0. The third kappa shape index (κ3) is 4.24. The van der Waals surface area contributed by atoms with Gasteiger partial charge in [-0.25, -0.2) is 4.98 Å². The summed E-state index contributed by atoms with van der Waals surface area (Å²) in [5.74, 6) is 1.73. The standard InChI is InChI=1S/C15H19N3O3/c1-10-11(2)21-15(18-10)9-17-14(19)7-8-20-13-6-4-3-5-12(13)16/h3-6H,7-9,16H2,1-2H3,(H,17,19). The predicted octanol–water partition coefficient (Wildman–Crippen LogP) is 1.96. The van der Waals surface area contributed by atoms with E-state index in [1.54, 1.807) is 12.1 Å². The van der Waals surface area contributed by atoms with Crippen molar-refractivity contribution in [2.75, 3.05) is 12.3 Å². The number of hydrogen-bond acceptors (Lipinski definition) is 5. The van der Waals surface area contributed by atoms with Gasteiger partial charge in [0, 0.05) is 0 Å². The average molecular weight is 289 g/mol. The maximum Gasteiger partial charge on any atom is 0.223 e. The molecular weight excluding hydrogens is 270 g/mol. The summed E-state index contributed by atoms with van der Waals surface area (Å²) in [5.41, 5.74) is 7.14. The van der Waals surface area contributed by atoms with E-state index in [0.29, 0.717) is 17.3 Å². The fourth-order valence-corrected chi connectivity index (χ4v) is 1.74. The molecule has 1 aromatic heterocycles. The van der Waals surface area contributed by atoms with E-state index in [2.05, 4.69) is 10.3 Å². The molecule has 0 saturated heterocycles. The van der Waals surface area contributed by atoms with Crippen LogP contribution in [0, 0.1) is 13.8 Å². The van der Waals surface area contributed by atoms with Crippen LogP contribution in [-0.4, -0.2) is 17.5 Å². The van der Waals surface area contributed by atoms with Crippen LogP contribution >= 0.6 is 0 Å². The number of amides is 1. The molecule has 2 aromatic rings. The zero-order valence-corrected chi connectivity index (χ0v) is 12.2. The Morgan fingerprint density at radius 2 is 2.14 bits per heavy atom. The van der Waals surface area contributed by atoms with Crippen LogP contribution in [0.5, 0.6) is 5.75 Å². The number of carbonyl (C=O) groups is 1. The minimum atomic E-state index is -0.127. The van der Waals surface area contributed by atoms with Crippen LogP contribution in [0.2, 0.25) is 0 Å². The third-order valence-corrected chi connectivity index (χ3v) is 3.02. The number of anilines is 1. The fourth-order valence-electron chi connectivity index (χ4n) is 1.74. The van der Waals surface area contributed by atoms with Crippen LogP contribution in [-0.2, 0) is 11.3 Å². The molecule has 0 spiro atoms. The van der Waals surface area contributed by atoms with Crippen molar-refractivity contribution in [1.82, 2.24) is 10.3 Å². The van der Waals surface area contributed by atoms with Crippen LogP contribution in [0.1, 0.15) is 23.8 Å². The van der Waals surface area contributed by atoms with Gasteiger partial charge < -0.3 is 20.2 Å². The van der Waals surface area contributed by atoms with Gasteiger partial charge >= 0.3 is 0 Å². The van der Waals surface area contributed by atoms with E-state index < -0.39 is 0 Å². The molecule has 6 heteroatoms. The van der Waals surface area contributed by atoms with Crippen molar-refractivity contribution in [1.29, 1.82) is 0 Å². The van der Waals surface area contributed by atoms with Gasteiger partial charge in [0.25, 0.3) is 0 Å². The summed E-state index contributed by atoms with van der Waals surface area (Å²) in [5, 5.41) is 2.73. The van der Waals surface area contributed by atoms with Gasteiger partial charge in [-0.15, -0.1) is 0 Å². The van der Waals surface area contributed by atoms with Crippen LogP contribution in [0.3, 0.4) is 0 Å². The second-order valence-electron chi connectivity index (χ2n) is 4.66. The molecule has 3 N–H and O–H groups in total. The Balaban J connectivity index is 1.71. The molecule has 0 fully saturated rings. The van der Waals surface area contributed by atoms with Crippen molar-refractivity contribution >= 4 is 11.6 Å². The van der Waals surface area contributed by atoms with Gasteiger partial charge in [0.1, 0.15) is 11.5 Å². The van der Waals surface area contributed by atoms with Crippen LogP contribution in [0.25, 0.3) is 0 Å². The summed E-state index contributed by atoms with van der Waals surface area (Å²) < 4.78 is 10.8. The predicted molar refractivity (Wildman–Crippen MR) is 78.8 cm³/mol. The molecule has 0 atom stereocenters. The summed E-state index contributed by atoms with van der Waals surface area (Å²) in [6.45, 7) is 4.25. The number of aromatic nitrogens is 1. The number of benzene rings is 1. The van der Waals surface area contributed by atoms with Gasteiger partial charge in [-0.2, -0.15) is 0 Å². The molecule has 21 heavy (non-hydrogen) atoms. The molecule has 0 radical (unpaired) electrons. The van der Waals surface area contributed by atoms with Gasteiger partial charge in [0.2, 0.25) is 11.8 Å². The number of nitrogens with two attached hydrogens (primary N) is 1. The molecule has 112 valence electrons. The van der Waals surface area contributed by atoms with E-state index in [0.717, 1.165) is 11.5 Å². The lowest BCUT2D eigenvalue weighted by Gasteiger charge is -2.08. The smallest absolute Gasteiger partial charge is 0.223 e. The number of aryl methyl sites for hydroxylation is 2. The first kappa shape index (κ1) is 14.9. The molecule has 0 aliphatic heterocycles. The molecule has 2 rings (SSSR count). The third-order valence-electron chi connectivity index (χ3n) is 3.02. The van der Waals surface area contributed by atoms with Crippen molar-refractivity contribution in [2.45, 2.75) is 26.8 Å². The van der Waals surface area contributed by atoms with Gasteiger partial charge in [-0.3, -0.25) is 4.79 Å². The molecular formula is C15H19N3O3. The first-order valence-electron chi connectivity index (χ1n) is 6.73. The van der Waals surface area contributed by atoms with Gasteiger partial charge in [0.05, 0.1) is 31.0 Å². The quantitative estimate of drug-likeness (QED) is 0.793. The van der Waals surface area contributed by atoms with Gasteiger partial charge in [-0.05, 0) is 26.0 Å². The molecule has 0 aliphatic carbocycles. The van der Waals surface area contributed by atoms with Crippen LogP contribution in [0.4, 0.5) is 5.69 Å². The Morgan fingerprint density at radius 3 is 2.81 bits per heavy atom. The number of nitrogens with one attached hydrogen (secondary N) is 1. The van der Waals surface area contributed by atoms with E-state index in [-0.39, 0.29) is 25.5 Å².